The first-order valence-electron chi connectivity index (χ1n) is 5.12. The normalized spacial score (nSPS) is 13.7. The van der Waals surface area contributed by atoms with Crippen LogP contribution in [0.4, 0.5) is 4.39 Å². The zero-order valence-electron chi connectivity index (χ0n) is 8.97. The lowest BCUT2D eigenvalue weighted by Gasteiger charge is -2.21. The van der Waals surface area contributed by atoms with Crippen molar-refractivity contribution < 1.29 is 9.50 Å². The second-order valence-electron chi connectivity index (χ2n) is 3.70. The van der Waals surface area contributed by atoms with Gasteiger partial charge in [-0.2, -0.15) is 5.26 Å². The van der Waals surface area contributed by atoms with E-state index < -0.39 is 11.4 Å². The summed E-state index contributed by atoms with van der Waals surface area (Å²) in [7, 11) is 0. The fourth-order valence-corrected chi connectivity index (χ4v) is 1.67. The summed E-state index contributed by atoms with van der Waals surface area (Å²) >= 11 is 0. The third kappa shape index (κ3) is 2.03. The van der Waals surface area contributed by atoms with Gasteiger partial charge in [-0.25, -0.2) is 4.39 Å². The van der Waals surface area contributed by atoms with Crippen LogP contribution in [0.3, 0.4) is 0 Å². The van der Waals surface area contributed by atoms with E-state index in [1.807, 2.05) is 6.07 Å². The molecule has 2 aromatic rings. The maximum Gasteiger partial charge on any atom is 0.202 e. The van der Waals surface area contributed by atoms with E-state index in [1.165, 1.54) is 24.3 Å². The summed E-state index contributed by atoms with van der Waals surface area (Å²) in [6, 6.07) is 15.7. The van der Waals surface area contributed by atoms with Gasteiger partial charge in [-0.05, 0) is 12.1 Å². The predicted molar refractivity (Wildman–Crippen MR) is 61.5 cm³/mol. The second-order valence-corrected chi connectivity index (χ2v) is 3.70. The Morgan fingerprint density at radius 2 is 1.47 bits per heavy atom. The number of rotatable bonds is 2. The number of nitriles is 1. The molecule has 0 aliphatic heterocycles. The fourth-order valence-electron chi connectivity index (χ4n) is 1.67. The van der Waals surface area contributed by atoms with Gasteiger partial charge in [0, 0.05) is 11.1 Å². The molecule has 0 saturated carbocycles. The molecule has 84 valence electrons. The van der Waals surface area contributed by atoms with Gasteiger partial charge in [0.2, 0.25) is 5.60 Å². The Labute approximate surface area is 98.6 Å². The quantitative estimate of drug-likeness (QED) is 0.801. The Bertz CT molecular complexity index is 545. The first-order valence-corrected chi connectivity index (χ1v) is 5.12. The largest absolute Gasteiger partial charge is 0.368 e. The van der Waals surface area contributed by atoms with E-state index in [0.717, 1.165) is 0 Å². The van der Waals surface area contributed by atoms with Crippen LogP contribution in [0.2, 0.25) is 0 Å². The Hall–Kier alpha value is -2.18. The summed E-state index contributed by atoms with van der Waals surface area (Å²) in [5.74, 6) is -0.401. The number of aliphatic hydroxyl groups is 1. The number of halogens is 1. The first-order chi connectivity index (χ1) is 8.16. The zero-order valence-corrected chi connectivity index (χ0v) is 8.97. The minimum Gasteiger partial charge on any atom is -0.368 e. The van der Waals surface area contributed by atoms with Crippen LogP contribution >= 0.6 is 0 Å². The molecule has 2 aromatic carbocycles. The average molecular weight is 227 g/mol. The highest BCUT2D eigenvalue weighted by Gasteiger charge is 2.31. The van der Waals surface area contributed by atoms with E-state index in [0.29, 0.717) is 11.1 Å². The van der Waals surface area contributed by atoms with Gasteiger partial charge in [0.15, 0.2) is 0 Å². The van der Waals surface area contributed by atoms with Crippen molar-refractivity contribution in [3.63, 3.8) is 0 Å². The van der Waals surface area contributed by atoms with Crippen LogP contribution in [0.15, 0.2) is 54.6 Å². The topological polar surface area (TPSA) is 44.0 Å². The van der Waals surface area contributed by atoms with Gasteiger partial charge in [0.1, 0.15) is 11.9 Å². The van der Waals surface area contributed by atoms with Gasteiger partial charge in [0.25, 0.3) is 0 Å². The highest BCUT2D eigenvalue weighted by molar-refractivity contribution is 5.41. The Balaban J connectivity index is 2.53. The average Bonchev–Trinajstić information content (AvgIpc) is 2.40. The minimum atomic E-state index is -1.74. The van der Waals surface area contributed by atoms with Crippen LogP contribution in [-0.4, -0.2) is 5.11 Å². The number of hydrogen-bond acceptors (Lipinski definition) is 2. The molecule has 2 nitrogen and oxygen atoms in total. The van der Waals surface area contributed by atoms with E-state index in [2.05, 4.69) is 0 Å². The van der Waals surface area contributed by atoms with Crippen molar-refractivity contribution >= 4 is 0 Å². The number of benzene rings is 2. The van der Waals surface area contributed by atoms with Gasteiger partial charge in [-0.15, -0.1) is 0 Å². The molecule has 0 bridgehead atoms. The van der Waals surface area contributed by atoms with Crippen LogP contribution in [0, 0.1) is 17.1 Å². The SMILES string of the molecule is N#C[C@@](O)(c1ccccc1)c1ccc(F)cc1. The molecule has 0 aliphatic rings. The molecule has 17 heavy (non-hydrogen) atoms. The molecule has 1 N–H and O–H groups in total. The molecule has 0 aromatic heterocycles. The monoisotopic (exact) mass is 227 g/mol. The van der Waals surface area contributed by atoms with E-state index in [-0.39, 0.29) is 0 Å². The summed E-state index contributed by atoms with van der Waals surface area (Å²) in [4.78, 5) is 0. The lowest BCUT2D eigenvalue weighted by atomic mass is 9.88. The Kier molecular flexibility index (Phi) is 2.90. The second kappa shape index (κ2) is 4.36. The summed E-state index contributed by atoms with van der Waals surface area (Å²) in [6.45, 7) is 0. The molecule has 0 radical (unpaired) electrons. The molecule has 0 saturated heterocycles. The lowest BCUT2D eigenvalue weighted by molar-refractivity contribution is 0.142. The molecular weight excluding hydrogens is 217 g/mol. The molecule has 0 spiro atoms. The van der Waals surface area contributed by atoms with Gasteiger partial charge in [0.05, 0.1) is 0 Å². The molecule has 0 amide bonds. The molecule has 1 atom stereocenters. The molecule has 2 rings (SSSR count). The van der Waals surface area contributed by atoms with Crippen LogP contribution in [-0.2, 0) is 5.60 Å². The van der Waals surface area contributed by atoms with E-state index in [4.69, 9.17) is 5.26 Å². The molecule has 0 aliphatic carbocycles. The molecule has 0 unspecified atom stereocenters. The smallest absolute Gasteiger partial charge is 0.202 e. The van der Waals surface area contributed by atoms with Crippen molar-refractivity contribution in [2.24, 2.45) is 0 Å². The predicted octanol–water partition coefficient (Wildman–Crippen LogP) is 2.59. The molecular formula is C14H10FNO. The molecule has 3 heteroatoms. The fraction of sp³-hybridized carbons (Fsp3) is 0.0714. The highest BCUT2D eigenvalue weighted by Crippen LogP contribution is 2.28. The third-order valence-electron chi connectivity index (χ3n) is 2.62. The van der Waals surface area contributed by atoms with Crippen molar-refractivity contribution in [3.05, 3.63) is 71.5 Å². The van der Waals surface area contributed by atoms with Crippen molar-refractivity contribution in [2.45, 2.75) is 5.60 Å². The van der Waals surface area contributed by atoms with Gasteiger partial charge < -0.3 is 5.11 Å². The van der Waals surface area contributed by atoms with E-state index in [9.17, 15) is 9.50 Å². The van der Waals surface area contributed by atoms with Crippen LogP contribution in [0.1, 0.15) is 11.1 Å². The van der Waals surface area contributed by atoms with Crippen LogP contribution in [0.5, 0.6) is 0 Å². The first kappa shape index (κ1) is 11.3. The van der Waals surface area contributed by atoms with Gasteiger partial charge in [-0.3, -0.25) is 0 Å². The van der Waals surface area contributed by atoms with Gasteiger partial charge >= 0.3 is 0 Å². The summed E-state index contributed by atoms with van der Waals surface area (Å²) in [6.07, 6.45) is 0. The molecule has 0 fully saturated rings. The standard InChI is InChI=1S/C14H10FNO/c15-13-8-6-12(7-9-13)14(17,10-16)11-4-2-1-3-5-11/h1-9,17H/t14-/m1/s1. The van der Waals surface area contributed by atoms with Crippen molar-refractivity contribution in [2.75, 3.05) is 0 Å². The van der Waals surface area contributed by atoms with Gasteiger partial charge in [-0.1, -0.05) is 42.5 Å². The Morgan fingerprint density at radius 1 is 0.941 bits per heavy atom. The highest BCUT2D eigenvalue weighted by atomic mass is 19.1. The minimum absolute atomic E-state index is 0.354. The van der Waals surface area contributed by atoms with Crippen molar-refractivity contribution in [1.29, 1.82) is 5.26 Å². The Morgan fingerprint density at radius 3 is 2.00 bits per heavy atom. The van der Waals surface area contributed by atoms with E-state index >= 15 is 0 Å². The maximum atomic E-state index is 12.8. The third-order valence-corrected chi connectivity index (χ3v) is 2.62. The summed E-state index contributed by atoms with van der Waals surface area (Å²) in [5, 5.41) is 19.5. The van der Waals surface area contributed by atoms with Crippen LogP contribution < -0.4 is 0 Å². The summed E-state index contributed by atoms with van der Waals surface area (Å²) < 4.78 is 12.8. The number of hydrogen-bond donors (Lipinski definition) is 1. The number of nitrogens with zero attached hydrogens (tertiary/aromatic N) is 1. The maximum absolute atomic E-state index is 12.8. The zero-order chi connectivity index (χ0) is 12.3. The lowest BCUT2D eigenvalue weighted by Crippen LogP contribution is -2.24. The summed E-state index contributed by atoms with van der Waals surface area (Å²) in [5.41, 5.74) is -0.920. The van der Waals surface area contributed by atoms with E-state index in [1.54, 1.807) is 30.3 Å². The van der Waals surface area contributed by atoms with Crippen molar-refractivity contribution in [3.8, 4) is 6.07 Å². The van der Waals surface area contributed by atoms with Crippen molar-refractivity contribution in [1.82, 2.24) is 0 Å². The van der Waals surface area contributed by atoms with Crippen LogP contribution in [0.25, 0.3) is 0 Å². The molecule has 0 heterocycles.